The second-order valence-electron chi connectivity index (χ2n) is 6.31. The van der Waals surface area contributed by atoms with Crippen LogP contribution in [0.5, 0.6) is 0 Å². The topological polar surface area (TPSA) is 50.4 Å². The fourth-order valence-corrected chi connectivity index (χ4v) is 2.65. The molecule has 98 valence electrons. The summed E-state index contributed by atoms with van der Waals surface area (Å²) in [7, 11) is 0. The van der Waals surface area contributed by atoms with Crippen molar-refractivity contribution < 1.29 is 9.53 Å². The second kappa shape index (κ2) is 4.48. The molecule has 1 aliphatic carbocycles. The molecule has 1 saturated heterocycles. The largest absolute Gasteiger partial charge is 0.444 e. The van der Waals surface area contributed by atoms with E-state index in [0.29, 0.717) is 5.92 Å². The molecule has 1 heterocycles. The summed E-state index contributed by atoms with van der Waals surface area (Å²) >= 11 is 0. The quantitative estimate of drug-likeness (QED) is 0.776. The van der Waals surface area contributed by atoms with Crippen molar-refractivity contribution in [3.8, 4) is 0 Å². The van der Waals surface area contributed by atoms with Gasteiger partial charge in [0.2, 0.25) is 0 Å². The first-order chi connectivity index (χ1) is 7.91. The van der Waals surface area contributed by atoms with E-state index in [1.807, 2.05) is 20.8 Å². The Morgan fingerprint density at radius 1 is 1.29 bits per heavy atom. The number of carbonyl (C=O) groups is 1. The van der Waals surface area contributed by atoms with E-state index in [1.54, 1.807) is 0 Å². The van der Waals surface area contributed by atoms with Gasteiger partial charge in [-0.15, -0.1) is 0 Å². The maximum atomic E-state index is 11.8. The lowest BCUT2D eigenvalue weighted by molar-refractivity contribution is 0.0465. The average molecular weight is 240 g/mol. The van der Waals surface area contributed by atoms with Gasteiger partial charge in [0.15, 0.2) is 0 Å². The van der Waals surface area contributed by atoms with Crippen LogP contribution in [0.15, 0.2) is 0 Å². The Morgan fingerprint density at radius 3 is 2.35 bits per heavy atom. The van der Waals surface area contributed by atoms with Crippen molar-refractivity contribution in [2.45, 2.75) is 57.6 Å². The Bertz CT molecular complexity index is 286. The Balaban J connectivity index is 1.87. The van der Waals surface area contributed by atoms with Gasteiger partial charge in [-0.3, -0.25) is 0 Å². The summed E-state index contributed by atoms with van der Waals surface area (Å²) in [5, 5.41) is 6.47. The number of hydrogen-bond acceptors (Lipinski definition) is 3. The van der Waals surface area contributed by atoms with E-state index in [0.717, 1.165) is 38.8 Å². The van der Waals surface area contributed by atoms with Crippen LogP contribution in [0.2, 0.25) is 0 Å². The van der Waals surface area contributed by atoms with Crippen molar-refractivity contribution in [2.24, 2.45) is 5.92 Å². The molecule has 0 radical (unpaired) electrons. The van der Waals surface area contributed by atoms with Gasteiger partial charge in [-0.2, -0.15) is 0 Å². The van der Waals surface area contributed by atoms with Crippen LogP contribution in [0.1, 0.15) is 46.5 Å². The molecule has 0 aromatic rings. The fourth-order valence-electron chi connectivity index (χ4n) is 2.65. The molecule has 4 heteroatoms. The van der Waals surface area contributed by atoms with Crippen LogP contribution in [0.25, 0.3) is 0 Å². The fraction of sp³-hybridized carbons (Fsp3) is 0.923. The average Bonchev–Trinajstić information content (AvgIpc) is 2.97. The SMILES string of the molecule is CC(C)(C)OC(=O)NC1(C2CCNCC2)CC1. The predicted octanol–water partition coefficient (Wildman–Crippen LogP) is 2.04. The van der Waals surface area contributed by atoms with Gasteiger partial charge in [-0.1, -0.05) is 0 Å². The van der Waals surface area contributed by atoms with Crippen LogP contribution in [-0.2, 0) is 4.74 Å². The molecule has 4 nitrogen and oxygen atoms in total. The molecule has 0 unspecified atom stereocenters. The third-order valence-electron chi connectivity index (χ3n) is 3.66. The number of amides is 1. The lowest BCUT2D eigenvalue weighted by Crippen LogP contribution is -2.47. The summed E-state index contributed by atoms with van der Waals surface area (Å²) in [6.07, 6.45) is 4.29. The van der Waals surface area contributed by atoms with E-state index in [4.69, 9.17) is 4.74 Å². The molecular formula is C13H24N2O2. The molecule has 1 saturated carbocycles. The molecular weight excluding hydrogens is 216 g/mol. The van der Waals surface area contributed by atoms with Crippen LogP contribution in [-0.4, -0.2) is 30.3 Å². The van der Waals surface area contributed by atoms with Gasteiger partial charge < -0.3 is 15.4 Å². The van der Waals surface area contributed by atoms with Gasteiger partial charge in [0.25, 0.3) is 0 Å². The van der Waals surface area contributed by atoms with Crippen LogP contribution in [0, 0.1) is 5.92 Å². The van der Waals surface area contributed by atoms with Crippen molar-refractivity contribution in [3.05, 3.63) is 0 Å². The third kappa shape index (κ3) is 3.35. The van der Waals surface area contributed by atoms with Gasteiger partial charge >= 0.3 is 6.09 Å². The van der Waals surface area contributed by atoms with E-state index in [-0.39, 0.29) is 11.6 Å². The third-order valence-corrected chi connectivity index (χ3v) is 3.66. The number of rotatable bonds is 2. The normalized spacial score (nSPS) is 24.2. The van der Waals surface area contributed by atoms with Crippen LogP contribution in [0.3, 0.4) is 0 Å². The summed E-state index contributed by atoms with van der Waals surface area (Å²) in [5.41, 5.74) is -0.362. The molecule has 2 aliphatic rings. The van der Waals surface area contributed by atoms with E-state index in [2.05, 4.69) is 10.6 Å². The van der Waals surface area contributed by atoms with Crippen LogP contribution in [0.4, 0.5) is 4.79 Å². The molecule has 0 spiro atoms. The summed E-state index contributed by atoms with van der Waals surface area (Å²) in [5.74, 6) is 0.622. The van der Waals surface area contributed by atoms with Crippen molar-refractivity contribution >= 4 is 6.09 Å². The first-order valence-electron chi connectivity index (χ1n) is 6.63. The monoisotopic (exact) mass is 240 g/mol. The van der Waals surface area contributed by atoms with Crippen molar-refractivity contribution in [3.63, 3.8) is 0 Å². The molecule has 1 amide bonds. The maximum Gasteiger partial charge on any atom is 0.408 e. The second-order valence-corrected chi connectivity index (χ2v) is 6.31. The number of carbonyl (C=O) groups excluding carboxylic acids is 1. The molecule has 1 aliphatic heterocycles. The molecule has 17 heavy (non-hydrogen) atoms. The number of ether oxygens (including phenoxy) is 1. The minimum atomic E-state index is -0.408. The van der Waals surface area contributed by atoms with Gasteiger partial charge in [-0.25, -0.2) is 4.79 Å². The van der Waals surface area contributed by atoms with E-state index in [1.165, 1.54) is 0 Å². The molecule has 0 bridgehead atoms. The zero-order valence-corrected chi connectivity index (χ0v) is 11.1. The first kappa shape index (κ1) is 12.7. The van der Waals surface area contributed by atoms with Crippen molar-refractivity contribution in [2.75, 3.05) is 13.1 Å². The number of nitrogens with one attached hydrogen (secondary N) is 2. The summed E-state index contributed by atoms with van der Waals surface area (Å²) < 4.78 is 5.34. The predicted molar refractivity (Wildman–Crippen MR) is 66.9 cm³/mol. The highest BCUT2D eigenvalue weighted by atomic mass is 16.6. The smallest absolute Gasteiger partial charge is 0.408 e. The standard InChI is InChI=1S/C13H24N2O2/c1-12(2,3)17-11(16)15-13(6-7-13)10-4-8-14-9-5-10/h10,14H,4-9H2,1-3H3,(H,15,16). The highest BCUT2D eigenvalue weighted by Crippen LogP contribution is 2.46. The zero-order valence-electron chi connectivity index (χ0n) is 11.1. The van der Waals surface area contributed by atoms with Gasteiger partial charge in [0, 0.05) is 5.54 Å². The molecule has 2 fully saturated rings. The molecule has 0 atom stereocenters. The lowest BCUT2D eigenvalue weighted by atomic mass is 9.88. The number of hydrogen-bond donors (Lipinski definition) is 2. The van der Waals surface area contributed by atoms with E-state index in [9.17, 15) is 4.79 Å². The summed E-state index contributed by atoms with van der Waals surface area (Å²) in [4.78, 5) is 11.8. The van der Waals surface area contributed by atoms with E-state index >= 15 is 0 Å². The summed E-state index contributed by atoms with van der Waals surface area (Å²) in [6, 6.07) is 0. The van der Waals surface area contributed by atoms with Gasteiger partial charge in [-0.05, 0) is 65.5 Å². The Kier molecular flexibility index (Phi) is 3.34. The first-order valence-corrected chi connectivity index (χ1v) is 6.63. The van der Waals surface area contributed by atoms with Crippen LogP contribution >= 0.6 is 0 Å². The van der Waals surface area contributed by atoms with E-state index < -0.39 is 5.60 Å². The molecule has 0 aromatic heterocycles. The Morgan fingerprint density at radius 2 is 1.88 bits per heavy atom. The highest BCUT2D eigenvalue weighted by molar-refractivity contribution is 5.69. The van der Waals surface area contributed by atoms with Crippen molar-refractivity contribution in [1.29, 1.82) is 0 Å². The lowest BCUT2D eigenvalue weighted by Gasteiger charge is -2.32. The zero-order chi connectivity index (χ0) is 12.5. The molecule has 0 aromatic carbocycles. The number of alkyl carbamates (subject to hydrolysis) is 1. The molecule has 2 rings (SSSR count). The van der Waals surface area contributed by atoms with Crippen molar-refractivity contribution in [1.82, 2.24) is 10.6 Å². The minimum absolute atomic E-state index is 0.0461. The highest BCUT2D eigenvalue weighted by Gasteiger charge is 2.50. The summed E-state index contributed by atoms with van der Waals surface area (Å²) in [6.45, 7) is 7.84. The van der Waals surface area contributed by atoms with Crippen LogP contribution < -0.4 is 10.6 Å². The maximum absolute atomic E-state index is 11.8. The number of piperidine rings is 1. The Hall–Kier alpha value is -0.770. The molecule has 2 N–H and O–H groups in total. The van der Waals surface area contributed by atoms with Gasteiger partial charge in [0.05, 0.1) is 0 Å². The minimum Gasteiger partial charge on any atom is -0.444 e. The van der Waals surface area contributed by atoms with Gasteiger partial charge in [0.1, 0.15) is 5.60 Å². The Labute approximate surface area is 103 Å².